The van der Waals surface area contributed by atoms with Gasteiger partial charge in [-0.3, -0.25) is 10.1 Å². The van der Waals surface area contributed by atoms with Gasteiger partial charge in [0.1, 0.15) is 5.56 Å². The minimum Gasteiger partial charge on any atom is -0.477 e. The molecule has 84 valence electrons. The van der Waals surface area contributed by atoms with Crippen LogP contribution in [-0.4, -0.2) is 16.0 Å². The summed E-state index contributed by atoms with van der Waals surface area (Å²) in [6, 6.07) is 4.88. The molecule has 0 amide bonds. The van der Waals surface area contributed by atoms with E-state index in [1.54, 1.807) is 6.07 Å². The van der Waals surface area contributed by atoms with Crippen molar-refractivity contribution in [2.45, 2.75) is 13.8 Å². The SMILES string of the molecule is CC.N#Cc1ccc(C(=O)O)c([N+](=O)[O-])c1. The van der Waals surface area contributed by atoms with Crippen LogP contribution >= 0.6 is 0 Å². The number of carboxylic acid groups (broad SMARTS) is 1. The lowest BCUT2D eigenvalue weighted by atomic mass is 10.1. The van der Waals surface area contributed by atoms with Crippen LogP contribution in [0.5, 0.6) is 0 Å². The van der Waals surface area contributed by atoms with Crippen LogP contribution in [0.25, 0.3) is 0 Å². The van der Waals surface area contributed by atoms with Gasteiger partial charge in [-0.2, -0.15) is 5.26 Å². The van der Waals surface area contributed by atoms with E-state index in [9.17, 15) is 14.9 Å². The molecule has 0 bridgehead atoms. The van der Waals surface area contributed by atoms with Crippen LogP contribution in [0, 0.1) is 21.4 Å². The minimum absolute atomic E-state index is 0.0571. The van der Waals surface area contributed by atoms with E-state index in [0.29, 0.717) is 0 Å². The first-order chi connectivity index (χ1) is 7.56. The lowest BCUT2D eigenvalue weighted by Gasteiger charge is -1.97. The average Bonchev–Trinajstić information content (AvgIpc) is 2.30. The van der Waals surface area contributed by atoms with Gasteiger partial charge in [0, 0.05) is 6.07 Å². The van der Waals surface area contributed by atoms with Crippen molar-refractivity contribution >= 4 is 11.7 Å². The van der Waals surface area contributed by atoms with E-state index < -0.39 is 22.1 Å². The van der Waals surface area contributed by atoms with Gasteiger partial charge < -0.3 is 5.11 Å². The fraction of sp³-hybridized carbons (Fsp3) is 0.200. The first kappa shape index (κ1) is 13.6. The lowest BCUT2D eigenvalue weighted by molar-refractivity contribution is -0.385. The molecule has 1 rings (SSSR count). The Balaban J connectivity index is 0.00000106. The highest BCUT2D eigenvalue weighted by molar-refractivity contribution is 5.92. The quantitative estimate of drug-likeness (QED) is 0.610. The lowest BCUT2D eigenvalue weighted by Crippen LogP contribution is -2.02. The van der Waals surface area contributed by atoms with Gasteiger partial charge in [-0.05, 0) is 12.1 Å². The topological polar surface area (TPSA) is 104 Å². The van der Waals surface area contributed by atoms with Crippen LogP contribution in [0.2, 0.25) is 0 Å². The van der Waals surface area contributed by atoms with Gasteiger partial charge in [-0.15, -0.1) is 0 Å². The number of hydrogen-bond acceptors (Lipinski definition) is 4. The molecule has 0 heterocycles. The smallest absolute Gasteiger partial charge is 0.342 e. The summed E-state index contributed by atoms with van der Waals surface area (Å²) < 4.78 is 0. The van der Waals surface area contributed by atoms with Gasteiger partial charge in [0.15, 0.2) is 0 Å². The molecule has 6 nitrogen and oxygen atoms in total. The normalized spacial score (nSPS) is 8.31. The zero-order chi connectivity index (χ0) is 12.7. The number of hydrogen-bond donors (Lipinski definition) is 1. The van der Waals surface area contributed by atoms with E-state index in [-0.39, 0.29) is 5.56 Å². The van der Waals surface area contributed by atoms with E-state index in [4.69, 9.17) is 10.4 Å². The van der Waals surface area contributed by atoms with E-state index in [2.05, 4.69) is 0 Å². The third kappa shape index (κ3) is 3.06. The molecule has 0 saturated heterocycles. The Morgan fingerprint density at radius 3 is 2.44 bits per heavy atom. The highest BCUT2D eigenvalue weighted by Crippen LogP contribution is 2.19. The number of aromatic carboxylic acids is 1. The molecule has 1 aromatic rings. The van der Waals surface area contributed by atoms with Gasteiger partial charge in [0.05, 0.1) is 16.6 Å². The maximum Gasteiger partial charge on any atom is 0.342 e. The van der Waals surface area contributed by atoms with Gasteiger partial charge in [-0.25, -0.2) is 4.79 Å². The second-order valence-corrected chi connectivity index (χ2v) is 2.41. The summed E-state index contributed by atoms with van der Waals surface area (Å²) in [5.74, 6) is -1.39. The van der Waals surface area contributed by atoms with Crippen molar-refractivity contribution < 1.29 is 14.8 Å². The molecule has 0 aliphatic carbocycles. The molecule has 0 aromatic heterocycles. The molecule has 0 saturated carbocycles. The Morgan fingerprint density at radius 2 is 2.06 bits per heavy atom. The number of nitro groups is 1. The number of carboxylic acids is 1. The summed E-state index contributed by atoms with van der Waals surface area (Å²) >= 11 is 0. The largest absolute Gasteiger partial charge is 0.477 e. The van der Waals surface area contributed by atoms with Crippen LogP contribution in [-0.2, 0) is 0 Å². The standard InChI is InChI=1S/C8H4N2O4.C2H6/c9-4-5-1-2-6(8(11)12)7(3-5)10(13)14;1-2/h1-3H,(H,11,12);1-2H3. The maximum absolute atomic E-state index is 10.5. The Hall–Kier alpha value is -2.42. The molecule has 0 atom stereocenters. The van der Waals surface area contributed by atoms with Crippen molar-refractivity contribution in [2.24, 2.45) is 0 Å². The first-order valence-corrected chi connectivity index (χ1v) is 4.48. The second-order valence-electron chi connectivity index (χ2n) is 2.41. The summed E-state index contributed by atoms with van der Waals surface area (Å²) in [6.07, 6.45) is 0. The van der Waals surface area contributed by atoms with E-state index >= 15 is 0 Å². The molecular formula is C10H10N2O4. The minimum atomic E-state index is -1.39. The summed E-state index contributed by atoms with van der Waals surface area (Å²) in [6.45, 7) is 4.00. The van der Waals surface area contributed by atoms with Crippen LogP contribution in [0.15, 0.2) is 18.2 Å². The van der Waals surface area contributed by atoms with E-state index in [1.807, 2.05) is 13.8 Å². The predicted octanol–water partition coefficient (Wildman–Crippen LogP) is 2.19. The highest BCUT2D eigenvalue weighted by atomic mass is 16.6. The Bertz CT molecular complexity index is 449. The average molecular weight is 222 g/mol. The molecule has 6 heteroatoms. The van der Waals surface area contributed by atoms with Gasteiger partial charge in [-0.1, -0.05) is 13.8 Å². The second kappa shape index (κ2) is 6.14. The van der Waals surface area contributed by atoms with Gasteiger partial charge in [0.25, 0.3) is 5.69 Å². The Labute approximate surface area is 91.9 Å². The third-order valence-electron chi connectivity index (χ3n) is 1.55. The molecule has 0 unspecified atom stereocenters. The number of nitrogens with zero attached hydrogens (tertiary/aromatic N) is 2. The van der Waals surface area contributed by atoms with Gasteiger partial charge in [0.2, 0.25) is 0 Å². The van der Waals surface area contributed by atoms with E-state index in [0.717, 1.165) is 12.1 Å². The van der Waals surface area contributed by atoms with E-state index in [1.165, 1.54) is 6.07 Å². The van der Waals surface area contributed by atoms with Crippen molar-refractivity contribution in [3.8, 4) is 6.07 Å². The summed E-state index contributed by atoms with van der Waals surface area (Å²) in [5, 5.41) is 27.5. The molecule has 1 aromatic carbocycles. The first-order valence-electron chi connectivity index (χ1n) is 4.48. The zero-order valence-electron chi connectivity index (χ0n) is 8.80. The van der Waals surface area contributed by atoms with Crippen LogP contribution in [0.3, 0.4) is 0 Å². The Kier molecular flexibility index (Phi) is 5.21. The molecule has 1 N–H and O–H groups in total. The van der Waals surface area contributed by atoms with Crippen molar-refractivity contribution in [3.63, 3.8) is 0 Å². The molecule has 0 aliphatic heterocycles. The van der Waals surface area contributed by atoms with Crippen molar-refractivity contribution in [1.82, 2.24) is 0 Å². The van der Waals surface area contributed by atoms with Crippen molar-refractivity contribution in [1.29, 1.82) is 5.26 Å². The fourth-order valence-corrected chi connectivity index (χ4v) is 0.933. The molecule has 0 spiro atoms. The molecule has 16 heavy (non-hydrogen) atoms. The molecule has 0 fully saturated rings. The van der Waals surface area contributed by atoms with Crippen molar-refractivity contribution in [3.05, 3.63) is 39.4 Å². The number of nitro benzene ring substituents is 1. The highest BCUT2D eigenvalue weighted by Gasteiger charge is 2.19. The number of nitriles is 1. The third-order valence-corrected chi connectivity index (χ3v) is 1.55. The molecule has 0 radical (unpaired) electrons. The maximum atomic E-state index is 10.5. The predicted molar refractivity (Wildman–Crippen MR) is 56.1 cm³/mol. The van der Waals surface area contributed by atoms with Crippen LogP contribution in [0.4, 0.5) is 5.69 Å². The van der Waals surface area contributed by atoms with Crippen LogP contribution in [0.1, 0.15) is 29.8 Å². The monoisotopic (exact) mass is 222 g/mol. The fourth-order valence-electron chi connectivity index (χ4n) is 0.933. The molecular weight excluding hydrogens is 212 g/mol. The molecule has 0 aliphatic rings. The zero-order valence-corrected chi connectivity index (χ0v) is 8.80. The number of carbonyl (C=O) groups is 1. The Morgan fingerprint density at radius 1 is 1.50 bits per heavy atom. The number of benzene rings is 1. The van der Waals surface area contributed by atoms with Crippen LogP contribution < -0.4 is 0 Å². The summed E-state index contributed by atoms with van der Waals surface area (Å²) in [4.78, 5) is 20.1. The van der Waals surface area contributed by atoms with Crippen molar-refractivity contribution in [2.75, 3.05) is 0 Å². The summed E-state index contributed by atoms with van der Waals surface area (Å²) in [7, 11) is 0. The summed E-state index contributed by atoms with van der Waals surface area (Å²) in [5.41, 5.74) is -0.938. The number of rotatable bonds is 2. The van der Waals surface area contributed by atoms with Gasteiger partial charge >= 0.3 is 5.97 Å².